The van der Waals surface area contributed by atoms with Crippen molar-refractivity contribution in [2.24, 2.45) is 0 Å². The highest BCUT2D eigenvalue weighted by Gasteiger charge is 2.20. The zero-order chi connectivity index (χ0) is 14.7. The molecule has 2 rings (SSSR count). The van der Waals surface area contributed by atoms with Gasteiger partial charge in [0.05, 0.1) is 12.2 Å². The molecule has 112 valence electrons. The minimum Gasteiger partial charge on any atom is -0.489 e. The molecule has 0 amide bonds. The van der Waals surface area contributed by atoms with Crippen LogP contribution in [0.1, 0.15) is 27.7 Å². The highest BCUT2D eigenvalue weighted by atomic mass is 16.5. The summed E-state index contributed by atoms with van der Waals surface area (Å²) in [5.74, 6) is 0.914. The van der Waals surface area contributed by atoms with Gasteiger partial charge in [-0.05, 0) is 39.8 Å². The van der Waals surface area contributed by atoms with Crippen molar-refractivity contribution in [2.45, 2.75) is 39.8 Å². The summed E-state index contributed by atoms with van der Waals surface area (Å²) >= 11 is 0. The summed E-state index contributed by atoms with van der Waals surface area (Å²) in [6.07, 6.45) is 0. The molecule has 0 bridgehead atoms. The van der Waals surface area contributed by atoms with E-state index in [0.717, 1.165) is 43.4 Å². The van der Waals surface area contributed by atoms with Crippen LogP contribution in [0, 0.1) is 0 Å². The van der Waals surface area contributed by atoms with Gasteiger partial charge in [0.1, 0.15) is 12.4 Å². The molecule has 0 saturated heterocycles. The van der Waals surface area contributed by atoms with Crippen LogP contribution in [0.25, 0.3) is 0 Å². The Hall–Kier alpha value is -1.42. The van der Waals surface area contributed by atoms with Gasteiger partial charge < -0.3 is 15.4 Å². The van der Waals surface area contributed by atoms with Crippen molar-refractivity contribution in [1.29, 1.82) is 0 Å². The fourth-order valence-electron chi connectivity index (χ4n) is 2.87. The number of benzene rings is 1. The second-order valence-corrected chi connectivity index (χ2v) is 5.99. The largest absolute Gasteiger partial charge is 0.489 e. The molecule has 2 N–H and O–H groups in total. The van der Waals surface area contributed by atoms with E-state index in [9.17, 15) is 0 Å². The van der Waals surface area contributed by atoms with E-state index in [1.165, 1.54) is 0 Å². The van der Waals surface area contributed by atoms with Crippen LogP contribution in [0.2, 0.25) is 0 Å². The van der Waals surface area contributed by atoms with Crippen molar-refractivity contribution in [3.8, 4) is 5.75 Å². The van der Waals surface area contributed by atoms with Crippen LogP contribution >= 0.6 is 0 Å². The highest BCUT2D eigenvalue weighted by Crippen LogP contribution is 2.33. The molecule has 0 aliphatic carbocycles. The smallest absolute Gasteiger partial charge is 0.144 e. The van der Waals surface area contributed by atoms with Gasteiger partial charge >= 0.3 is 0 Å². The van der Waals surface area contributed by atoms with E-state index < -0.39 is 0 Å². The van der Waals surface area contributed by atoms with Crippen molar-refractivity contribution in [1.82, 2.24) is 4.90 Å². The molecule has 0 atom stereocenters. The van der Waals surface area contributed by atoms with E-state index >= 15 is 0 Å². The number of hydrogen-bond donors (Lipinski definition) is 1. The van der Waals surface area contributed by atoms with Gasteiger partial charge in [0, 0.05) is 36.9 Å². The van der Waals surface area contributed by atoms with E-state index in [-0.39, 0.29) is 0 Å². The fourth-order valence-corrected chi connectivity index (χ4v) is 2.87. The number of hydrogen-bond acceptors (Lipinski definition) is 4. The van der Waals surface area contributed by atoms with E-state index in [0.29, 0.717) is 12.1 Å². The maximum atomic E-state index is 5.82. The lowest BCUT2D eigenvalue weighted by Crippen LogP contribution is -2.44. The molecule has 1 aromatic carbocycles. The molecule has 0 aromatic heterocycles. The van der Waals surface area contributed by atoms with Crippen LogP contribution in [-0.4, -0.2) is 43.2 Å². The van der Waals surface area contributed by atoms with Gasteiger partial charge in [0.25, 0.3) is 0 Å². The molecule has 1 aliphatic heterocycles. The standard InChI is InChI=1S/C16H27N3O/c1-12(2)19(13(3)4)8-7-18-9-10-20-16-11-14(17)5-6-15(16)18/h5-6,11-13H,7-10,17H2,1-4H3. The number of anilines is 2. The highest BCUT2D eigenvalue weighted by molar-refractivity contribution is 5.65. The Morgan fingerprint density at radius 2 is 1.95 bits per heavy atom. The number of rotatable bonds is 5. The molecule has 0 spiro atoms. The van der Waals surface area contributed by atoms with Gasteiger partial charge in [-0.1, -0.05) is 0 Å². The summed E-state index contributed by atoms with van der Waals surface area (Å²) in [4.78, 5) is 4.92. The van der Waals surface area contributed by atoms with Crippen molar-refractivity contribution in [3.05, 3.63) is 18.2 Å². The maximum Gasteiger partial charge on any atom is 0.144 e. The second-order valence-electron chi connectivity index (χ2n) is 5.99. The number of nitrogen functional groups attached to an aromatic ring is 1. The Labute approximate surface area is 122 Å². The summed E-state index contributed by atoms with van der Waals surface area (Å²) in [6, 6.07) is 7.08. The summed E-state index contributed by atoms with van der Waals surface area (Å²) in [5, 5.41) is 0. The molecular formula is C16H27N3O. The van der Waals surface area contributed by atoms with Crippen molar-refractivity contribution >= 4 is 11.4 Å². The van der Waals surface area contributed by atoms with Gasteiger partial charge in [0.15, 0.2) is 0 Å². The Morgan fingerprint density at radius 3 is 2.60 bits per heavy atom. The number of fused-ring (bicyclic) bond motifs is 1. The lowest BCUT2D eigenvalue weighted by Gasteiger charge is -2.36. The molecule has 4 nitrogen and oxygen atoms in total. The van der Waals surface area contributed by atoms with E-state index in [2.05, 4.69) is 43.6 Å². The molecule has 0 fully saturated rings. The predicted molar refractivity (Wildman–Crippen MR) is 85.5 cm³/mol. The van der Waals surface area contributed by atoms with Gasteiger partial charge in [0.2, 0.25) is 0 Å². The first kappa shape index (κ1) is 15.0. The Morgan fingerprint density at radius 1 is 1.25 bits per heavy atom. The molecule has 0 unspecified atom stereocenters. The molecule has 1 aliphatic rings. The first-order valence-corrected chi connectivity index (χ1v) is 7.52. The van der Waals surface area contributed by atoms with Crippen LogP contribution in [0.15, 0.2) is 18.2 Å². The van der Waals surface area contributed by atoms with Gasteiger partial charge in [-0.15, -0.1) is 0 Å². The SMILES string of the molecule is CC(C)N(CCN1CCOc2cc(N)ccc21)C(C)C. The zero-order valence-electron chi connectivity index (χ0n) is 13.1. The maximum absolute atomic E-state index is 5.82. The molecule has 0 radical (unpaired) electrons. The minimum atomic E-state index is 0.571. The molecular weight excluding hydrogens is 250 g/mol. The zero-order valence-corrected chi connectivity index (χ0v) is 13.1. The van der Waals surface area contributed by atoms with Crippen LogP contribution < -0.4 is 15.4 Å². The van der Waals surface area contributed by atoms with Crippen molar-refractivity contribution in [2.75, 3.05) is 36.9 Å². The monoisotopic (exact) mass is 277 g/mol. The van der Waals surface area contributed by atoms with E-state index in [4.69, 9.17) is 10.5 Å². The van der Waals surface area contributed by atoms with Crippen molar-refractivity contribution < 1.29 is 4.74 Å². The third-order valence-corrected chi connectivity index (χ3v) is 3.90. The van der Waals surface area contributed by atoms with Crippen LogP contribution in [0.3, 0.4) is 0 Å². The molecule has 0 saturated carbocycles. The summed E-state index contributed by atoms with van der Waals surface area (Å²) in [7, 11) is 0. The van der Waals surface area contributed by atoms with Crippen LogP contribution in [0.5, 0.6) is 5.75 Å². The minimum absolute atomic E-state index is 0.571. The van der Waals surface area contributed by atoms with Crippen LogP contribution in [0.4, 0.5) is 11.4 Å². The van der Waals surface area contributed by atoms with Gasteiger partial charge in [-0.25, -0.2) is 0 Å². The first-order valence-electron chi connectivity index (χ1n) is 7.52. The predicted octanol–water partition coefficient (Wildman–Crippen LogP) is 2.59. The average molecular weight is 277 g/mol. The number of nitrogens with zero attached hydrogens (tertiary/aromatic N) is 2. The van der Waals surface area contributed by atoms with E-state index in [1.54, 1.807) is 0 Å². The first-order chi connectivity index (χ1) is 9.49. The Bertz CT molecular complexity index is 437. The van der Waals surface area contributed by atoms with E-state index in [1.807, 2.05) is 12.1 Å². The molecule has 20 heavy (non-hydrogen) atoms. The van der Waals surface area contributed by atoms with Crippen LogP contribution in [-0.2, 0) is 0 Å². The lowest BCUT2D eigenvalue weighted by atomic mass is 10.2. The fraction of sp³-hybridized carbons (Fsp3) is 0.625. The third kappa shape index (κ3) is 3.37. The number of nitrogens with two attached hydrogens (primary N) is 1. The Balaban J connectivity index is 2.05. The number of ether oxygens (including phenoxy) is 1. The molecule has 4 heteroatoms. The Kier molecular flexibility index (Phi) is 4.76. The summed E-state index contributed by atoms with van der Waals surface area (Å²) < 4.78 is 5.70. The average Bonchev–Trinajstić information content (AvgIpc) is 2.37. The van der Waals surface area contributed by atoms with Crippen molar-refractivity contribution in [3.63, 3.8) is 0 Å². The summed E-state index contributed by atoms with van der Waals surface area (Å²) in [6.45, 7) is 12.8. The van der Waals surface area contributed by atoms with Gasteiger partial charge in [-0.2, -0.15) is 0 Å². The quantitative estimate of drug-likeness (QED) is 0.840. The molecule has 1 heterocycles. The van der Waals surface area contributed by atoms with Gasteiger partial charge in [-0.3, -0.25) is 4.90 Å². The third-order valence-electron chi connectivity index (χ3n) is 3.90. The lowest BCUT2D eigenvalue weighted by molar-refractivity contribution is 0.177. The normalized spacial score (nSPS) is 14.8. The summed E-state index contributed by atoms with van der Waals surface area (Å²) in [5.41, 5.74) is 7.75. The topological polar surface area (TPSA) is 41.7 Å². The second kappa shape index (κ2) is 6.35. The molecule has 1 aromatic rings.